The fourth-order valence-electron chi connectivity index (χ4n) is 10.2. The van der Waals surface area contributed by atoms with Gasteiger partial charge in [-0.3, -0.25) is 9.69 Å². The Morgan fingerprint density at radius 2 is 1.83 bits per heavy atom. The molecule has 10 atom stereocenters. The van der Waals surface area contributed by atoms with E-state index in [1.165, 1.54) is 7.11 Å². The van der Waals surface area contributed by atoms with Gasteiger partial charge < -0.3 is 20.1 Å². The third-order valence-corrected chi connectivity index (χ3v) is 11.2. The summed E-state index contributed by atoms with van der Waals surface area (Å²) in [4.78, 5) is 15.3. The molecule has 0 amide bonds. The van der Waals surface area contributed by atoms with Crippen molar-refractivity contribution in [1.29, 1.82) is 0 Å². The number of piperidine rings is 1. The van der Waals surface area contributed by atoms with Gasteiger partial charge in [-0.15, -0.1) is 0 Å². The number of ether oxygens (including phenoxy) is 1. The first kappa shape index (κ1) is 19.0. The van der Waals surface area contributed by atoms with Gasteiger partial charge in [0.1, 0.15) is 0 Å². The summed E-state index contributed by atoms with van der Waals surface area (Å²) in [6.45, 7) is 3.92. The summed E-state index contributed by atoms with van der Waals surface area (Å²) in [5.74, 6) is -0.0807. The van der Waals surface area contributed by atoms with E-state index in [2.05, 4.69) is 11.8 Å². The van der Waals surface area contributed by atoms with Gasteiger partial charge in [0.05, 0.1) is 24.2 Å². The Kier molecular flexibility index (Phi) is 3.65. The minimum Gasteiger partial charge on any atom is -0.469 e. The van der Waals surface area contributed by atoms with Crippen molar-refractivity contribution in [2.24, 2.45) is 40.4 Å². The largest absolute Gasteiger partial charge is 0.469 e. The van der Waals surface area contributed by atoms with Crippen LogP contribution in [0.25, 0.3) is 0 Å². The summed E-state index contributed by atoms with van der Waals surface area (Å²) >= 11 is 0. The Morgan fingerprint density at radius 1 is 1.10 bits per heavy atom. The molecule has 6 fully saturated rings. The molecule has 0 aromatic rings. The van der Waals surface area contributed by atoms with Crippen molar-refractivity contribution in [2.45, 2.75) is 69.1 Å². The maximum absolute atomic E-state index is 12.9. The molecule has 4 saturated carbocycles. The van der Waals surface area contributed by atoms with Crippen LogP contribution in [0.2, 0.25) is 0 Å². The van der Waals surface area contributed by atoms with E-state index in [0.717, 1.165) is 45.2 Å². The fraction of sp³-hybridized carbons (Fsp3) is 0.957. The summed E-state index contributed by atoms with van der Waals surface area (Å²) in [5.41, 5.74) is -2.92. The third kappa shape index (κ3) is 1.74. The standard InChI is InChI=1S/C23H35NO5/c1-13-10-24-11-15-4-3-14-5-6-17-16(18(26)29-2)9-22(23(14,17)28)19(24)21(13,27)8-7-20(15,22)12-25/h13-17,19,25,27-28H,3-12H2,1-2H3/t13-,14+,15-,16-,17-,19+,20-,21+,22+,23+/m0/s1. The highest BCUT2D eigenvalue weighted by molar-refractivity contribution is 5.74. The van der Waals surface area contributed by atoms with Gasteiger partial charge in [-0.2, -0.15) is 0 Å². The zero-order valence-corrected chi connectivity index (χ0v) is 17.6. The number of carbonyl (C=O) groups excluding carboxylic acids is 1. The minimum absolute atomic E-state index is 0.0438. The number of hydrogen-bond acceptors (Lipinski definition) is 6. The van der Waals surface area contributed by atoms with Crippen LogP contribution in [0.1, 0.15) is 51.9 Å². The van der Waals surface area contributed by atoms with E-state index in [-0.39, 0.29) is 42.3 Å². The molecule has 3 N–H and O–H groups in total. The van der Waals surface area contributed by atoms with E-state index >= 15 is 0 Å². The third-order valence-electron chi connectivity index (χ3n) is 11.2. The van der Waals surface area contributed by atoms with Gasteiger partial charge in [-0.25, -0.2) is 0 Å². The highest BCUT2D eigenvalue weighted by atomic mass is 16.5. The molecular formula is C23H35NO5. The number of rotatable bonds is 2. The Labute approximate surface area is 172 Å². The molecule has 2 saturated heterocycles. The quantitative estimate of drug-likeness (QED) is 0.598. The molecule has 2 heterocycles. The lowest BCUT2D eigenvalue weighted by molar-refractivity contribution is -0.289. The lowest BCUT2D eigenvalue weighted by Crippen LogP contribution is -2.78. The number of nitrogens with zero attached hydrogens (tertiary/aromatic N) is 1. The molecule has 0 radical (unpaired) electrons. The lowest BCUT2D eigenvalue weighted by Gasteiger charge is -2.70. The number of carbonyl (C=O) groups is 1. The topological polar surface area (TPSA) is 90.2 Å². The van der Waals surface area contributed by atoms with Crippen LogP contribution in [0.15, 0.2) is 0 Å². The predicted octanol–water partition coefficient (Wildman–Crippen LogP) is 1.17. The normalized spacial score (nSPS) is 60.0. The summed E-state index contributed by atoms with van der Waals surface area (Å²) in [6.07, 6.45) is 5.74. The van der Waals surface area contributed by atoms with Gasteiger partial charge in [0.15, 0.2) is 0 Å². The number of aliphatic hydroxyl groups is 3. The molecule has 162 valence electrons. The average Bonchev–Trinajstić information content (AvgIpc) is 3.25. The van der Waals surface area contributed by atoms with Crippen LogP contribution in [0.5, 0.6) is 0 Å². The highest BCUT2D eigenvalue weighted by Gasteiger charge is 2.85. The lowest BCUT2D eigenvalue weighted by atomic mass is 9.40. The molecule has 6 heteroatoms. The van der Waals surface area contributed by atoms with Gasteiger partial charge in [-0.05, 0) is 62.7 Å². The molecular weight excluding hydrogens is 370 g/mol. The second-order valence-corrected chi connectivity index (χ2v) is 11.3. The van der Waals surface area contributed by atoms with Crippen molar-refractivity contribution in [3.63, 3.8) is 0 Å². The van der Waals surface area contributed by atoms with Crippen molar-refractivity contribution in [3.8, 4) is 0 Å². The molecule has 6 aliphatic rings. The number of methoxy groups -OCH3 is 1. The molecule has 4 aliphatic carbocycles. The molecule has 6 nitrogen and oxygen atoms in total. The molecule has 1 spiro atoms. The molecule has 2 aliphatic heterocycles. The minimum atomic E-state index is -1.01. The van der Waals surface area contributed by atoms with E-state index in [4.69, 9.17) is 4.74 Å². The zero-order valence-electron chi connectivity index (χ0n) is 17.6. The van der Waals surface area contributed by atoms with Gasteiger partial charge in [-0.1, -0.05) is 6.92 Å². The Bertz CT molecular complexity index is 760. The highest BCUT2D eigenvalue weighted by Crippen LogP contribution is 2.79. The van der Waals surface area contributed by atoms with Crippen molar-refractivity contribution in [3.05, 3.63) is 0 Å². The van der Waals surface area contributed by atoms with Crippen molar-refractivity contribution in [1.82, 2.24) is 4.90 Å². The molecule has 29 heavy (non-hydrogen) atoms. The van der Waals surface area contributed by atoms with Gasteiger partial charge in [0.2, 0.25) is 0 Å². The van der Waals surface area contributed by atoms with E-state index in [1.54, 1.807) is 0 Å². The average molecular weight is 406 g/mol. The van der Waals surface area contributed by atoms with Crippen LogP contribution in [-0.4, -0.2) is 70.2 Å². The van der Waals surface area contributed by atoms with Crippen LogP contribution >= 0.6 is 0 Å². The van der Waals surface area contributed by atoms with Crippen LogP contribution in [0.3, 0.4) is 0 Å². The van der Waals surface area contributed by atoms with Gasteiger partial charge >= 0.3 is 5.97 Å². The summed E-state index contributed by atoms with van der Waals surface area (Å²) in [7, 11) is 1.44. The predicted molar refractivity (Wildman–Crippen MR) is 105 cm³/mol. The van der Waals surface area contributed by atoms with E-state index in [0.29, 0.717) is 18.8 Å². The van der Waals surface area contributed by atoms with Crippen LogP contribution in [0.4, 0.5) is 0 Å². The number of aliphatic hydroxyl groups excluding tert-OH is 1. The summed E-state index contributed by atoms with van der Waals surface area (Å²) < 4.78 is 5.22. The maximum atomic E-state index is 12.9. The molecule has 0 aromatic carbocycles. The first-order valence-electron chi connectivity index (χ1n) is 11.7. The van der Waals surface area contributed by atoms with Crippen molar-refractivity contribution >= 4 is 5.97 Å². The molecule has 6 rings (SSSR count). The van der Waals surface area contributed by atoms with E-state index in [1.807, 2.05) is 0 Å². The van der Waals surface area contributed by atoms with Crippen molar-refractivity contribution < 1.29 is 24.9 Å². The Balaban J connectivity index is 1.65. The molecule has 0 unspecified atom stereocenters. The number of esters is 1. The first-order chi connectivity index (χ1) is 13.8. The summed E-state index contributed by atoms with van der Waals surface area (Å²) in [5, 5.41) is 35.7. The van der Waals surface area contributed by atoms with Crippen LogP contribution < -0.4 is 0 Å². The smallest absolute Gasteiger partial charge is 0.309 e. The van der Waals surface area contributed by atoms with E-state index in [9.17, 15) is 20.1 Å². The second kappa shape index (κ2) is 5.56. The Morgan fingerprint density at radius 3 is 2.55 bits per heavy atom. The maximum Gasteiger partial charge on any atom is 0.309 e. The first-order valence-corrected chi connectivity index (χ1v) is 11.7. The molecule has 0 aromatic heterocycles. The monoisotopic (exact) mass is 405 g/mol. The fourth-order valence-corrected chi connectivity index (χ4v) is 10.2. The molecule has 4 bridgehead atoms. The van der Waals surface area contributed by atoms with Gasteiger partial charge in [0, 0.05) is 42.5 Å². The SMILES string of the molecule is COC(=O)[C@H]1C[C@]23[C@@H]4N5C[C@H](CC[C@@H]6CC[C@@H]1[C@]62O)[C@@]3(CO)CC[C@@]4(O)[C@@H](C)C5. The van der Waals surface area contributed by atoms with Crippen LogP contribution in [0, 0.1) is 40.4 Å². The van der Waals surface area contributed by atoms with Gasteiger partial charge in [0.25, 0.3) is 0 Å². The zero-order chi connectivity index (χ0) is 20.4. The van der Waals surface area contributed by atoms with E-state index < -0.39 is 22.0 Å². The van der Waals surface area contributed by atoms with Crippen molar-refractivity contribution in [2.75, 3.05) is 26.8 Å². The van der Waals surface area contributed by atoms with Crippen LogP contribution in [-0.2, 0) is 9.53 Å². The summed E-state index contributed by atoms with van der Waals surface area (Å²) in [6, 6.07) is -0.178. The number of hydrogen-bond donors (Lipinski definition) is 3. The second-order valence-electron chi connectivity index (χ2n) is 11.3. The Hall–Kier alpha value is -0.690.